The highest BCUT2D eigenvalue weighted by atomic mass is 127. The molecule has 28 heavy (non-hydrogen) atoms. The van der Waals surface area contributed by atoms with Crippen LogP contribution in [0.25, 0.3) is 0 Å². The average molecular weight is 496 g/mol. The van der Waals surface area contributed by atoms with E-state index in [2.05, 4.69) is 27.8 Å². The van der Waals surface area contributed by atoms with Crippen molar-refractivity contribution in [2.45, 2.75) is 25.8 Å². The quantitative estimate of drug-likeness (QED) is 0.251. The molecule has 0 fully saturated rings. The second-order valence-electron chi connectivity index (χ2n) is 6.08. The number of nitrogens with one attached hydrogen (secondary N) is 2. The molecule has 0 atom stereocenters. The summed E-state index contributed by atoms with van der Waals surface area (Å²) in [5.74, 6) is 1.11. The third-order valence-corrected chi connectivity index (χ3v) is 4.20. The van der Waals surface area contributed by atoms with Crippen LogP contribution in [0.3, 0.4) is 0 Å². The number of hydrogen-bond acceptors (Lipinski definition) is 3. The van der Waals surface area contributed by atoms with Gasteiger partial charge < -0.3 is 15.4 Å². The molecule has 0 spiro atoms. The first kappa shape index (κ1) is 23.7. The number of hydrogen-bond donors (Lipinski definition) is 2. The molecule has 2 aromatic carbocycles. The van der Waals surface area contributed by atoms with E-state index in [1.54, 1.807) is 26.3 Å². The Kier molecular flexibility index (Phi) is 11.0. The SMILES string of the molecule is CN=C(NCCCCc1ccc(OC)cc1)NCc1ccc(C#N)cc1F.I. The number of aliphatic imine (C=N–C) groups is 1. The minimum atomic E-state index is -0.392. The van der Waals surface area contributed by atoms with Gasteiger partial charge in [-0.1, -0.05) is 18.2 Å². The van der Waals surface area contributed by atoms with Crippen LogP contribution in [0.5, 0.6) is 5.75 Å². The summed E-state index contributed by atoms with van der Waals surface area (Å²) in [7, 11) is 3.35. The van der Waals surface area contributed by atoms with Crippen molar-refractivity contribution >= 4 is 29.9 Å². The number of nitriles is 1. The van der Waals surface area contributed by atoms with Crippen molar-refractivity contribution in [3.05, 3.63) is 65.0 Å². The monoisotopic (exact) mass is 496 g/mol. The number of nitrogens with zero attached hydrogens (tertiary/aromatic N) is 2. The predicted octanol–water partition coefficient (Wildman–Crippen LogP) is 4.01. The Morgan fingerprint density at radius 2 is 1.89 bits per heavy atom. The highest BCUT2D eigenvalue weighted by Gasteiger charge is 2.05. The number of unbranched alkanes of at least 4 members (excludes halogenated alkanes) is 1. The van der Waals surface area contributed by atoms with Gasteiger partial charge in [0.1, 0.15) is 11.6 Å². The van der Waals surface area contributed by atoms with E-state index in [4.69, 9.17) is 10.00 Å². The molecular weight excluding hydrogens is 470 g/mol. The fourth-order valence-corrected chi connectivity index (χ4v) is 2.61. The largest absolute Gasteiger partial charge is 0.497 e. The fourth-order valence-electron chi connectivity index (χ4n) is 2.61. The molecule has 0 aliphatic carbocycles. The van der Waals surface area contributed by atoms with Crippen molar-refractivity contribution in [3.63, 3.8) is 0 Å². The van der Waals surface area contributed by atoms with Crippen LogP contribution < -0.4 is 15.4 Å². The van der Waals surface area contributed by atoms with Crippen LogP contribution in [0.2, 0.25) is 0 Å². The van der Waals surface area contributed by atoms with Crippen LogP contribution in [0.4, 0.5) is 4.39 Å². The first-order valence-electron chi connectivity index (χ1n) is 8.92. The van der Waals surface area contributed by atoms with E-state index < -0.39 is 5.82 Å². The second-order valence-corrected chi connectivity index (χ2v) is 6.08. The lowest BCUT2D eigenvalue weighted by Crippen LogP contribution is -2.37. The average Bonchev–Trinajstić information content (AvgIpc) is 2.71. The fraction of sp³-hybridized carbons (Fsp3) is 0.333. The van der Waals surface area contributed by atoms with Crippen LogP contribution in [0.15, 0.2) is 47.5 Å². The molecule has 0 bridgehead atoms. The molecule has 2 rings (SSSR count). The van der Waals surface area contributed by atoms with Gasteiger partial charge in [-0.15, -0.1) is 24.0 Å². The molecular formula is C21H26FIN4O. The zero-order valence-electron chi connectivity index (χ0n) is 16.2. The zero-order valence-corrected chi connectivity index (χ0v) is 18.5. The summed E-state index contributed by atoms with van der Waals surface area (Å²) in [4.78, 5) is 4.15. The van der Waals surface area contributed by atoms with Crippen molar-refractivity contribution < 1.29 is 9.13 Å². The van der Waals surface area contributed by atoms with Gasteiger partial charge >= 0.3 is 0 Å². The molecule has 5 nitrogen and oxygen atoms in total. The van der Waals surface area contributed by atoms with Gasteiger partial charge in [-0.05, 0) is 49.1 Å². The number of benzene rings is 2. The topological polar surface area (TPSA) is 69.4 Å². The number of ether oxygens (including phenoxy) is 1. The van der Waals surface area contributed by atoms with Gasteiger partial charge in [0.15, 0.2) is 5.96 Å². The molecule has 7 heteroatoms. The highest BCUT2D eigenvalue weighted by Crippen LogP contribution is 2.13. The molecule has 0 heterocycles. The Morgan fingerprint density at radius 1 is 1.14 bits per heavy atom. The molecule has 2 N–H and O–H groups in total. The first-order chi connectivity index (χ1) is 13.2. The van der Waals surface area contributed by atoms with Gasteiger partial charge in [0, 0.05) is 25.7 Å². The maximum absolute atomic E-state index is 13.9. The third kappa shape index (κ3) is 7.72. The molecule has 0 unspecified atom stereocenters. The van der Waals surface area contributed by atoms with Gasteiger partial charge in [0.05, 0.1) is 18.7 Å². The third-order valence-electron chi connectivity index (χ3n) is 4.20. The van der Waals surface area contributed by atoms with E-state index in [9.17, 15) is 4.39 Å². The number of guanidine groups is 1. The lowest BCUT2D eigenvalue weighted by atomic mass is 10.1. The number of rotatable bonds is 8. The van der Waals surface area contributed by atoms with E-state index in [0.29, 0.717) is 23.6 Å². The Labute approximate surface area is 183 Å². The first-order valence-corrected chi connectivity index (χ1v) is 8.92. The summed E-state index contributed by atoms with van der Waals surface area (Å²) in [6.07, 6.45) is 3.06. The summed E-state index contributed by atoms with van der Waals surface area (Å²) < 4.78 is 19.1. The van der Waals surface area contributed by atoms with Crippen molar-refractivity contribution in [1.29, 1.82) is 5.26 Å². The maximum atomic E-state index is 13.9. The Morgan fingerprint density at radius 3 is 2.50 bits per heavy atom. The number of halogens is 2. The van der Waals surface area contributed by atoms with Crippen molar-refractivity contribution in [3.8, 4) is 11.8 Å². The zero-order chi connectivity index (χ0) is 19.5. The molecule has 150 valence electrons. The molecule has 2 aromatic rings. The van der Waals surface area contributed by atoms with Gasteiger partial charge in [0.2, 0.25) is 0 Å². The number of methoxy groups -OCH3 is 1. The smallest absolute Gasteiger partial charge is 0.191 e. The van der Waals surface area contributed by atoms with Crippen molar-refractivity contribution in [2.75, 3.05) is 20.7 Å². The Bertz CT molecular complexity index is 803. The van der Waals surface area contributed by atoms with Crippen LogP contribution >= 0.6 is 24.0 Å². The molecule has 0 aromatic heterocycles. The molecule has 0 aliphatic heterocycles. The normalized spacial score (nSPS) is 10.6. The van der Waals surface area contributed by atoms with Crippen molar-refractivity contribution in [1.82, 2.24) is 10.6 Å². The van der Waals surface area contributed by atoms with Crippen LogP contribution in [0, 0.1) is 17.1 Å². The minimum Gasteiger partial charge on any atom is -0.497 e. The number of aryl methyl sites for hydroxylation is 1. The van der Waals surface area contributed by atoms with Gasteiger partial charge in [-0.2, -0.15) is 5.26 Å². The molecule has 0 saturated heterocycles. The predicted molar refractivity (Wildman–Crippen MR) is 121 cm³/mol. The highest BCUT2D eigenvalue weighted by molar-refractivity contribution is 14.0. The minimum absolute atomic E-state index is 0. The lowest BCUT2D eigenvalue weighted by molar-refractivity contribution is 0.414. The summed E-state index contributed by atoms with van der Waals surface area (Å²) in [5, 5.41) is 15.1. The van der Waals surface area contributed by atoms with E-state index in [0.717, 1.165) is 31.6 Å². The molecule has 0 aliphatic rings. The van der Waals surface area contributed by atoms with E-state index >= 15 is 0 Å². The second kappa shape index (κ2) is 12.9. The Hall–Kier alpha value is -2.34. The van der Waals surface area contributed by atoms with Crippen LogP contribution in [-0.2, 0) is 13.0 Å². The summed E-state index contributed by atoms with van der Waals surface area (Å²) in [6, 6.07) is 14.5. The van der Waals surface area contributed by atoms with Crippen molar-refractivity contribution in [2.24, 2.45) is 4.99 Å². The Balaban J connectivity index is 0.00000392. The maximum Gasteiger partial charge on any atom is 0.191 e. The summed E-state index contributed by atoms with van der Waals surface area (Å²) in [5.41, 5.74) is 2.10. The molecule has 0 radical (unpaired) electrons. The van der Waals surface area contributed by atoms with Gasteiger partial charge in [0.25, 0.3) is 0 Å². The molecule has 0 amide bonds. The summed E-state index contributed by atoms with van der Waals surface area (Å²) in [6.45, 7) is 1.09. The lowest BCUT2D eigenvalue weighted by Gasteiger charge is -2.12. The standard InChI is InChI=1S/C21H25FN4O.HI/c1-24-21(26-15-18-9-6-17(14-23)13-20(18)22)25-12-4-3-5-16-7-10-19(27-2)11-8-16;/h6-11,13H,3-5,12,15H2,1-2H3,(H2,24,25,26);1H. The van der Waals surface area contributed by atoms with Crippen LogP contribution in [-0.4, -0.2) is 26.7 Å². The van der Waals surface area contributed by atoms with Gasteiger partial charge in [-0.25, -0.2) is 4.39 Å². The van der Waals surface area contributed by atoms with E-state index in [1.165, 1.54) is 11.6 Å². The van der Waals surface area contributed by atoms with E-state index in [1.807, 2.05) is 18.2 Å². The molecule has 0 saturated carbocycles. The summed E-state index contributed by atoms with van der Waals surface area (Å²) >= 11 is 0. The van der Waals surface area contributed by atoms with Crippen LogP contribution in [0.1, 0.15) is 29.5 Å². The van der Waals surface area contributed by atoms with E-state index in [-0.39, 0.29) is 24.0 Å². The van der Waals surface area contributed by atoms with Gasteiger partial charge in [-0.3, -0.25) is 4.99 Å².